The van der Waals surface area contributed by atoms with Gasteiger partial charge in [0, 0.05) is 25.2 Å². The van der Waals surface area contributed by atoms with Gasteiger partial charge >= 0.3 is 0 Å². The maximum atomic E-state index is 12.3. The van der Waals surface area contributed by atoms with E-state index in [2.05, 4.69) is 40.7 Å². The molecule has 3 rings (SSSR count). The van der Waals surface area contributed by atoms with Crippen LogP contribution in [0.3, 0.4) is 0 Å². The molecule has 0 atom stereocenters. The summed E-state index contributed by atoms with van der Waals surface area (Å²) in [5.41, 5.74) is 3.71. The highest BCUT2D eigenvalue weighted by Crippen LogP contribution is 2.29. The van der Waals surface area contributed by atoms with E-state index in [1.807, 2.05) is 0 Å². The fourth-order valence-electron chi connectivity index (χ4n) is 3.80. The number of carbonyl (C=O) groups excluding carboxylic acids is 1. The fourth-order valence-corrected chi connectivity index (χ4v) is 3.80. The van der Waals surface area contributed by atoms with Crippen LogP contribution in [0, 0.1) is 5.92 Å². The molecule has 1 amide bonds. The van der Waals surface area contributed by atoms with Crippen LogP contribution < -0.4 is 10.6 Å². The third kappa shape index (κ3) is 6.14. The molecule has 1 aromatic rings. The van der Waals surface area contributed by atoms with E-state index in [9.17, 15) is 4.79 Å². The Morgan fingerprint density at radius 3 is 2.72 bits per heavy atom. The van der Waals surface area contributed by atoms with E-state index in [0.717, 1.165) is 44.8 Å². The smallest absolute Gasteiger partial charge is 0.224 e. The molecule has 142 valence electrons. The maximum absolute atomic E-state index is 12.3. The molecule has 1 saturated heterocycles. The van der Waals surface area contributed by atoms with Crippen LogP contribution in [0.5, 0.6) is 0 Å². The highest BCUT2D eigenvalue weighted by Gasteiger charge is 2.22. The molecule has 4 nitrogen and oxygen atoms in total. The number of fused-ring (bicyclic) bond motifs is 1. The molecular weight excluding hydrogens is 357 g/mol. The fraction of sp³-hybridized carbons (Fsp3) is 0.632. The zero-order valence-corrected chi connectivity index (χ0v) is 16.7. The number of anilines is 1. The molecule has 2 heterocycles. The van der Waals surface area contributed by atoms with E-state index in [0.29, 0.717) is 12.3 Å². The average Bonchev–Trinajstić information content (AvgIpc) is 2.98. The van der Waals surface area contributed by atoms with E-state index < -0.39 is 0 Å². The Balaban J connectivity index is 0.00000156. The van der Waals surface area contributed by atoms with Gasteiger partial charge in [-0.2, -0.15) is 0 Å². The lowest BCUT2D eigenvalue weighted by molar-refractivity contribution is -0.116. The first kappa shape index (κ1) is 22.2. The third-order valence-electron chi connectivity index (χ3n) is 5.10. The quantitative estimate of drug-likeness (QED) is 0.775. The topological polar surface area (TPSA) is 44.4 Å². The van der Waals surface area contributed by atoms with E-state index >= 15 is 0 Å². The lowest BCUT2D eigenvalue weighted by Crippen LogP contribution is -2.28. The molecule has 0 aliphatic carbocycles. The molecular formula is C19H31Cl2N3O. The maximum Gasteiger partial charge on any atom is 0.224 e. The van der Waals surface area contributed by atoms with Gasteiger partial charge in [-0.15, -0.1) is 24.8 Å². The predicted molar refractivity (Wildman–Crippen MR) is 109 cm³/mol. The van der Waals surface area contributed by atoms with Crippen molar-refractivity contribution in [3.8, 4) is 0 Å². The van der Waals surface area contributed by atoms with Crippen LogP contribution in [0.4, 0.5) is 5.69 Å². The molecule has 0 bridgehead atoms. The summed E-state index contributed by atoms with van der Waals surface area (Å²) in [6.07, 6.45) is 5.25. The summed E-state index contributed by atoms with van der Waals surface area (Å²) < 4.78 is 0. The molecule has 0 spiro atoms. The van der Waals surface area contributed by atoms with E-state index in [1.165, 1.54) is 30.4 Å². The van der Waals surface area contributed by atoms with Crippen LogP contribution in [0.15, 0.2) is 18.2 Å². The molecule has 0 radical (unpaired) electrons. The lowest BCUT2D eigenvalue weighted by atomic mass is 9.93. The number of carbonyl (C=O) groups is 1. The van der Waals surface area contributed by atoms with Gasteiger partial charge in [-0.3, -0.25) is 9.69 Å². The number of halogens is 2. The average molecular weight is 388 g/mol. The number of piperidine rings is 1. The van der Waals surface area contributed by atoms with Crippen molar-refractivity contribution in [2.75, 3.05) is 25.0 Å². The van der Waals surface area contributed by atoms with Gasteiger partial charge in [-0.05, 0) is 68.4 Å². The Morgan fingerprint density at radius 2 is 2.00 bits per heavy atom. The Labute approximate surface area is 163 Å². The largest absolute Gasteiger partial charge is 0.326 e. The summed E-state index contributed by atoms with van der Waals surface area (Å²) in [5, 5.41) is 6.54. The van der Waals surface area contributed by atoms with Crippen LogP contribution in [-0.4, -0.2) is 30.4 Å². The highest BCUT2D eigenvalue weighted by molar-refractivity contribution is 5.91. The number of hydrogen-bond donors (Lipinski definition) is 2. The normalized spacial score (nSPS) is 17.3. The van der Waals surface area contributed by atoms with Crippen molar-refractivity contribution in [3.63, 3.8) is 0 Å². The molecule has 2 aliphatic heterocycles. The minimum absolute atomic E-state index is 0. The minimum atomic E-state index is 0. The zero-order valence-electron chi connectivity index (χ0n) is 15.1. The summed E-state index contributed by atoms with van der Waals surface area (Å²) >= 11 is 0. The van der Waals surface area contributed by atoms with E-state index in [-0.39, 0.29) is 30.7 Å². The number of nitrogens with zero attached hydrogens (tertiary/aromatic N) is 1. The van der Waals surface area contributed by atoms with Gasteiger partial charge in [-0.25, -0.2) is 0 Å². The summed E-state index contributed by atoms with van der Waals surface area (Å²) in [6, 6.07) is 6.31. The summed E-state index contributed by atoms with van der Waals surface area (Å²) in [5.74, 6) is 0.884. The molecule has 0 unspecified atom stereocenters. The second kappa shape index (κ2) is 11.0. The van der Waals surface area contributed by atoms with Gasteiger partial charge in [-0.1, -0.05) is 19.1 Å². The van der Waals surface area contributed by atoms with Crippen LogP contribution in [0.2, 0.25) is 0 Å². The standard InChI is InChI=1S/C19H29N3O.2ClH/c1-2-12-22-13-16-4-3-5-18(17(16)14-22)21-19(23)7-6-15-8-10-20-11-9-15;;/h3-5,15,20H,2,6-14H2,1H3,(H,21,23);2*1H. The highest BCUT2D eigenvalue weighted by atomic mass is 35.5. The summed E-state index contributed by atoms with van der Waals surface area (Å²) in [6.45, 7) is 7.53. The number of nitrogens with one attached hydrogen (secondary N) is 2. The van der Waals surface area contributed by atoms with Crippen molar-refractivity contribution in [2.24, 2.45) is 5.92 Å². The van der Waals surface area contributed by atoms with Gasteiger partial charge in [0.2, 0.25) is 5.91 Å². The lowest BCUT2D eigenvalue weighted by Gasteiger charge is -2.22. The first-order valence-electron chi connectivity index (χ1n) is 9.10. The van der Waals surface area contributed by atoms with Crippen LogP contribution in [0.25, 0.3) is 0 Å². The third-order valence-corrected chi connectivity index (χ3v) is 5.10. The molecule has 0 saturated carbocycles. The van der Waals surface area contributed by atoms with Crippen molar-refractivity contribution in [1.82, 2.24) is 10.2 Å². The van der Waals surface area contributed by atoms with Crippen molar-refractivity contribution >= 4 is 36.4 Å². The Bertz CT molecular complexity index is 547. The van der Waals surface area contributed by atoms with Crippen molar-refractivity contribution in [3.05, 3.63) is 29.3 Å². The number of hydrogen-bond acceptors (Lipinski definition) is 3. The number of amides is 1. The molecule has 0 aromatic heterocycles. The Kier molecular flexibility index (Phi) is 9.80. The van der Waals surface area contributed by atoms with Crippen LogP contribution >= 0.6 is 24.8 Å². The molecule has 1 fully saturated rings. The predicted octanol–water partition coefficient (Wildman–Crippen LogP) is 3.97. The SMILES string of the molecule is CCCN1Cc2cccc(NC(=O)CCC3CCNCC3)c2C1.Cl.Cl. The van der Waals surface area contributed by atoms with Gasteiger partial charge in [0.15, 0.2) is 0 Å². The molecule has 2 N–H and O–H groups in total. The van der Waals surface area contributed by atoms with E-state index in [1.54, 1.807) is 0 Å². The van der Waals surface area contributed by atoms with Crippen LogP contribution in [-0.2, 0) is 17.9 Å². The van der Waals surface area contributed by atoms with Gasteiger partial charge < -0.3 is 10.6 Å². The van der Waals surface area contributed by atoms with Crippen molar-refractivity contribution in [2.45, 2.75) is 52.1 Å². The summed E-state index contributed by atoms with van der Waals surface area (Å²) in [4.78, 5) is 14.8. The minimum Gasteiger partial charge on any atom is -0.326 e. The second-order valence-corrected chi connectivity index (χ2v) is 6.93. The van der Waals surface area contributed by atoms with E-state index in [4.69, 9.17) is 0 Å². The number of benzene rings is 1. The van der Waals surface area contributed by atoms with Crippen molar-refractivity contribution in [1.29, 1.82) is 0 Å². The summed E-state index contributed by atoms with van der Waals surface area (Å²) in [7, 11) is 0. The Hall–Kier alpha value is -0.810. The van der Waals surface area contributed by atoms with Crippen molar-refractivity contribution < 1.29 is 4.79 Å². The van der Waals surface area contributed by atoms with Gasteiger partial charge in [0.05, 0.1) is 0 Å². The zero-order chi connectivity index (χ0) is 16.1. The first-order valence-corrected chi connectivity index (χ1v) is 9.10. The molecule has 2 aliphatic rings. The van der Waals surface area contributed by atoms with Crippen LogP contribution in [0.1, 0.15) is 50.2 Å². The Morgan fingerprint density at radius 1 is 1.24 bits per heavy atom. The molecule has 25 heavy (non-hydrogen) atoms. The number of rotatable bonds is 6. The first-order chi connectivity index (χ1) is 11.3. The second-order valence-electron chi connectivity index (χ2n) is 6.93. The molecule has 6 heteroatoms. The monoisotopic (exact) mass is 387 g/mol. The van der Waals surface area contributed by atoms with Gasteiger partial charge in [0.1, 0.15) is 0 Å². The molecule has 1 aromatic carbocycles. The van der Waals surface area contributed by atoms with Gasteiger partial charge in [0.25, 0.3) is 0 Å².